The molecule has 1 aromatic heterocycles. The maximum atomic E-state index is 12.8. The first-order valence-electron chi connectivity index (χ1n) is 9.67. The summed E-state index contributed by atoms with van der Waals surface area (Å²) in [5.41, 5.74) is 2.58. The standard InChI is InChI=1S/C21H24N4O3S/c1-24(2)18-8-6-7-17(15-18)21-22-20(23-28-21)16-9-11-19(12-10-16)29(26,27)25-13-4-3-5-14-25/h6-12,15H,3-5,13-14H2,1-2H3. The molecule has 0 saturated carbocycles. The van der Waals surface area contributed by atoms with Crippen molar-refractivity contribution >= 4 is 15.7 Å². The lowest BCUT2D eigenvalue weighted by atomic mass is 10.2. The Labute approximate surface area is 171 Å². The van der Waals surface area contributed by atoms with E-state index in [0.29, 0.717) is 35.3 Å². The molecule has 0 amide bonds. The van der Waals surface area contributed by atoms with Gasteiger partial charge in [-0.15, -0.1) is 0 Å². The molecule has 3 aromatic rings. The third kappa shape index (κ3) is 4.04. The Morgan fingerprint density at radius 3 is 2.38 bits per heavy atom. The summed E-state index contributed by atoms with van der Waals surface area (Å²) in [4.78, 5) is 6.78. The van der Waals surface area contributed by atoms with Crippen LogP contribution in [0, 0.1) is 0 Å². The molecule has 8 heteroatoms. The van der Waals surface area contributed by atoms with Gasteiger partial charge in [0.05, 0.1) is 4.90 Å². The van der Waals surface area contributed by atoms with Crippen molar-refractivity contribution in [2.24, 2.45) is 0 Å². The van der Waals surface area contributed by atoms with Gasteiger partial charge < -0.3 is 9.42 Å². The molecule has 2 heterocycles. The van der Waals surface area contributed by atoms with Gasteiger partial charge in [0.1, 0.15) is 0 Å². The molecule has 0 radical (unpaired) electrons. The lowest BCUT2D eigenvalue weighted by molar-refractivity contribution is 0.346. The molecular formula is C21H24N4O3S. The third-order valence-electron chi connectivity index (χ3n) is 5.10. The third-order valence-corrected chi connectivity index (χ3v) is 7.01. The second-order valence-corrected chi connectivity index (χ2v) is 9.29. The van der Waals surface area contributed by atoms with Gasteiger partial charge >= 0.3 is 0 Å². The van der Waals surface area contributed by atoms with E-state index in [9.17, 15) is 8.42 Å². The molecule has 0 atom stereocenters. The maximum Gasteiger partial charge on any atom is 0.258 e. The normalized spacial score (nSPS) is 15.4. The topological polar surface area (TPSA) is 79.5 Å². The van der Waals surface area contributed by atoms with Gasteiger partial charge in [-0.1, -0.05) is 17.6 Å². The number of rotatable bonds is 5. The molecule has 0 unspecified atom stereocenters. The monoisotopic (exact) mass is 412 g/mol. The molecule has 29 heavy (non-hydrogen) atoms. The summed E-state index contributed by atoms with van der Waals surface area (Å²) >= 11 is 0. The van der Waals surface area contributed by atoms with E-state index >= 15 is 0 Å². The van der Waals surface area contributed by atoms with Gasteiger partial charge in [-0.3, -0.25) is 0 Å². The van der Waals surface area contributed by atoms with E-state index in [-0.39, 0.29) is 0 Å². The zero-order valence-corrected chi connectivity index (χ0v) is 17.4. The van der Waals surface area contributed by atoms with E-state index < -0.39 is 10.0 Å². The average molecular weight is 413 g/mol. The summed E-state index contributed by atoms with van der Waals surface area (Å²) in [6.45, 7) is 1.18. The zero-order valence-electron chi connectivity index (χ0n) is 16.6. The van der Waals surface area contributed by atoms with Crippen LogP contribution in [0.15, 0.2) is 57.9 Å². The van der Waals surface area contributed by atoms with Crippen LogP contribution in [0.25, 0.3) is 22.8 Å². The van der Waals surface area contributed by atoms with E-state index in [1.807, 2.05) is 43.3 Å². The van der Waals surface area contributed by atoms with Crippen molar-refractivity contribution < 1.29 is 12.9 Å². The van der Waals surface area contributed by atoms with E-state index in [4.69, 9.17) is 4.52 Å². The molecule has 1 aliphatic rings. The van der Waals surface area contributed by atoms with Crippen molar-refractivity contribution in [1.82, 2.24) is 14.4 Å². The van der Waals surface area contributed by atoms with Gasteiger partial charge in [-0.25, -0.2) is 8.42 Å². The first kappa shape index (κ1) is 19.6. The minimum atomic E-state index is -3.45. The van der Waals surface area contributed by atoms with Crippen LogP contribution in [0.3, 0.4) is 0 Å². The fourth-order valence-electron chi connectivity index (χ4n) is 3.41. The van der Waals surface area contributed by atoms with Crippen molar-refractivity contribution in [3.63, 3.8) is 0 Å². The molecule has 0 spiro atoms. The van der Waals surface area contributed by atoms with Crippen LogP contribution >= 0.6 is 0 Å². The predicted octanol–water partition coefficient (Wildman–Crippen LogP) is 3.64. The molecule has 0 aliphatic carbocycles. The van der Waals surface area contributed by atoms with Crippen molar-refractivity contribution in [2.45, 2.75) is 24.2 Å². The Morgan fingerprint density at radius 1 is 0.966 bits per heavy atom. The SMILES string of the molecule is CN(C)c1cccc(-c2nc(-c3ccc(S(=O)(=O)N4CCCCC4)cc3)no2)c1. The fourth-order valence-corrected chi connectivity index (χ4v) is 4.92. The Morgan fingerprint density at radius 2 is 1.69 bits per heavy atom. The van der Waals surface area contributed by atoms with Crippen molar-refractivity contribution in [3.05, 3.63) is 48.5 Å². The highest BCUT2D eigenvalue weighted by molar-refractivity contribution is 7.89. The summed E-state index contributed by atoms with van der Waals surface area (Å²) < 4.78 is 32.6. The molecule has 4 rings (SSSR count). The summed E-state index contributed by atoms with van der Waals surface area (Å²) in [5.74, 6) is 0.853. The number of anilines is 1. The Kier molecular flexibility index (Phi) is 5.38. The van der Waals surface area contributed by atoms with E-state index in [1.54, 1.807) is 28.6 Å². The van der Waals surface area contributed by atoms with Crippen molar-refractivity contribution in [1.29, 1.82) is 0 Å². The number of hydrogen-bond donors (Lipinski definition) is 0. The summed E-state index contributed by atoms with van der Waals surface area (Å²) in [5, 5.41) is 4.06. The minimum absolute atomic E-state index is 0.297. The molecule has 7 nitrogen and oxygen atoms in total. The molecule has 1 aliphatic heterocycles. The van der Waals surface area contributed by atoms with E-state index in [0.717, 1.165) is 30.5 Å². The fraction of sp³-hybridized carbons (Fsp3) is 0.333. The summed E-state index contributed by atoms with van der Waals surface area (Å²) in [6, 6.07) is 14.5. The number of sulfonamides is 1. The smallest absolute Gasteiger partial charge is 0.258 e. The lowest BCUT2D eigenvalue weighted by Gasteiger charge is -2.25. The van der Waals surface area contributed by atoms with Crippen LogP contribution in [0.1, 0.15) is 19.3 Å². The molecular weight excluding hydrogens is 388 g/mol. The molecule has 2 aromatic carbocycles. The van der Waals surface area contributed by atoms with E-state index in [1.165, 1.54) is 0 Å². The second kappa shape index (κ2) is 7.96. The van der Waals surface area contributed by atoms with Gasteiger partial charge in [0.15, 0.2) is 0 Å². The van der Waals surface area contributed by atoms with Gasteiger partial charge in [0.2, 0.25) is 15.8 Å². The lowest BCUT2D eigenvalue weighted by Crippen LogP contribution is -2.35. The first-order valence-corrected chi connectivity index (χ1v) is 11.1. The molecule has 0 bridgehead atoms. The minimum Gasteiger partial charge on any atom is -0.378 e. The second-order valence-electron chi connectivity index (χ2n) is 7.36. The van der Waals surface area contributed by atoms with Crippen LogP contribution in [0.5, 0.6) is 0 Å². The van der Waals surface area contributed by atoms with Crippen LogP contribution in [0.2, 0.25) is 0 Å². The highest BCUT2D eigenvalue weighted by Gasteiger charge is 2.26. The molecule has 1 saturated heterocycles. The van der Waals surface area contributed by atoms with Crippen molar-refractivity contribution in [3.8, 4) is 22.8 Å². The first-order chi connectivity index (χ1) is 13.9. The summed E-state index contributed by atoms with van der Waals surface area (Å²) in [7, 11) is 0.493. The quantitative estimate of drug-likeness (QED) is 0.636. The van der Waals surface area contributed by atoms with Crippen LogP contribution < -0.4 is 4.90 Å². The number of benzene rings is 2. The number of aromatic nitrogens is 2. The highest BCUT2D eigenvalue weighted by atomic mass is 32.2. The predicted molar refractivity (Wildman–Crippen MR) is 112 cm³/mol. The Hall–Kier alpha value is -2.71. The van der Waals surface area contributed by atoms with Crippen LogP contribution in [-0.2, 0) is 10.0 Å². The van der Waals surface area contributed by atoms with Gasteiger partial charge in [-0.05, 0) is 55.3 Å². The van der Waals surface area contributed by atoms with Gasteiger partial charge in [0.25, 0.3) is 5.89 Å². The highest BCUT2D eigenvalue weighted by Crippen LogP contribution is 2.27. The zero-order chi connectivity index (χ0) is 20.4. The Balaban J connectivity index is 1.57. The maximum absolute atomic E-state index is 12.8. The van der Waals surface area contributed by atoms with E-state index in [2.05, 4.69) is 10.1 Å². The van der Waals surface area contributed by atoms with Crippen molar-refractivity contribution in [2.75, 3.05) is 32.1 Å². The Bertz CT molecular complexity index is 1090. The van der Waals surface area contributed by atoms with Crippen LogP contribution in [-0.4, -0.2) is 50.0 Å². The summed E-state index contributed by atoms with van der Waals surface area (Å²) in [6.07, 6.45) is 2.92. The largest absolute Gasteiger partial charge is 0.378 e. The molecule has 1 fully saturated rings. The van der Waals surface area contributed by atoms with Crippen LogP contribution in [0.4, 0.5) is 5.69 Å². The molecule has 0 N–H and O–H groups in total. The number of piperidine rings is 1. The molecule has 152 valence electrons. The average Bonchev–Trinajstić information content (AvgIpc) is 3.25. The number of hydrogen-bond acceptors (Lipinski definition) is 6. The van der Waals surface area contributed by atoms with Gasteiger partial charge in [-0.2, -0.15) is 9.29 Å². The van der Waals surface area contributed by atoms with Gasteiger partial charge in [0, 0.05) is 44.0 Å². The number of nitrogens with zero attached hydrogens (tertiary/aromatic N) is 4.